The molecule has 2 aromatic rings. The fraction of sp³-hybridized carbons (Fsp3) is 0.294. The van der Waals surface area contributed by atoms with Gasteiger partial charge in [0.15, 0.2) is 11.6 Å². The second kappa shape index (κ2) is 5.25. The fourth-order valence-corrected chi connectivity index (χ4v) is 2.44. The minimum Gasteiger partial charge on any atom is -0.494 e. The van der Waals surface area contributed by atoms with Crippen LogP contribution in [0.15, 0.2) is 36.4 Å². The molecule has 2 nitrogen and oxygen atoms in total. The largest absolute Gasteiger partial charge is 0.494 e. The maximum atomic E-state index is 13.9. The zero-order valence-electron chi connectivity index (χ0n) is 12.3. The van der Waals surface area contributed by atoms with Crippen LogP contribution in [0, 0.1) is 19.7 Å². The highest BCUT2D eigenvalue weighted by Crippen LogP contribution is 2.31. The normalized spacial score (nSPS) is 13.9. The lowest BCUT2D eigenvalue weighted by molar-refractivity contribution is 0.385. The number of hydrogen-bond acceptors (Lipinski definition) is 2. The predicted molar refractivity (Wildman–Crippen MR) is 79.5 cm³/mol. The molecule has 0 amide bonds. The average molecular weight is 273 g/mol. The zero-order valence-corrected chi connectivity index (χ0v) is 12.3. The lowest BCUT2D eigenvalue weighted by Crippen LogP contribution is -2.35. The molecule has 3 heteroatoms. The van der Waals surface area contributed by atoms with E-state index < -0.39 is 11.4 Å². The van der Waals surface area contributed by atoms with Crippen LogP contribution in [0.1, 0.15) is 29.2 Å². The summed E-state index contributed by atoms with van der Waals surface area (Å²) in [7, 11) is 1.45. The molecule has 0 radical (unpaired) electrons. The van der Waals surface area contributed by atoms with Gasteiger partial charge in [0.2, 0.25) is 0 Å². The van der Waals surface area contributed by atoms with Crippen molar-refractivity contribution in [3.05, 3.63) is 64.5 Å². The van der Waals surface area contributed by atoms with Crippen molar-refractivity contribution in [1.29, 1.82) is 0 Å². The lowest BCUT2D eigenvalue weighted by atomic mass is 9.82. The molecule has 0 aliphatic rings. The fourth-order valence-electron chi connectivity index (χ4n) is 2.44. The van der Waals surface area contributed by atoms with Crippen LogP contribution in [0.4, 0.5) is 4.39 Å². The molecule has 0 saturated carbocycles. The molecular weight excluding hydrogens is 253 g/mol. The van der Waals surface area contributed by atoms with Crippen LogP contribution < -0.4 is 10.5 Å². The highest BCUT2D eigenvalue weighted by molar-refractivity contribution is 5.44. The molecule has 2 aromatic carbocycles. The number of halogens is 1. The molecular formula is C17H20FNO. The van der Waals surface area contributed by atoms with Gasteiger partial charge in [-0.2, -0.15) is 0 Å². The summed E-state index contributed by atoms with van der Waals surface area (Å²) in [6.45, 7) is 5.93. The van der Waals surface area contributed by atoms with Crippen LogP contribution >= 0.6 is 0 Å². The van der Waals surface area contributed by atoms with E-state index in [1.807, 2.05) is 39.0 Å². The van der Waals surface area contributed by atoms with Gasteiger partial charge >= 0.3 is 0 Å². The Morgan fingerprint density at radius 2 is 1.80 bits per heavy atom. The van der Waals surface area contributed by atoms with Crippen molar-refractivity contribution in [3.63, 3.8) is 0 Å². The highest BCUT2D eigenvalue weighted by atomic mass is 19.1. The van der Waals surface area contributed by atoms with Crippen molar-refractivity contribution >= 4 is 0 Å². The molecule has 20 heavy (non-hydrogen) atoms. The van der Waals surface area contributed by atoms with Gasteiger partial charge in [-0.3, -0.25) is 0 Å². The summed E-state index contributed by atoms with van der Waals surface area (Å²) >= 11 is 0. The summed E-state index contributed by atoms with van der Waals surface area (Å²) in [4.78, 5) is 0. The Morgan fingerprint density at radius 1 is 1.10 bits per heavy atom. The van der Waals surface area contributed by atoms with E-state index in [0.717, 1.165) is 22.3 Å². The van der Waals surface area contributed by atoms with Crippen LogP contribution in [0.5, 0.6) is 5.75 Å². The SMILES string of the molecule is COc1ccc(C(C)(N)c2cc(C)ccc2C)cc1F. The summed E-state index contributed by atoms with van der Waals surface area (Å²) in [5.74, 6) is -0.169. The monoisotopic (exact) mass is 273 g/mol. The third-order valence-electron chi connectivity index (χ3n) is 3.70. The van der Waals surface area contributed by atoms with E-state index in [1.54, 1.807) is 6.07 Å². The second-order valence-corrected chi connectivity index (χ2v) is 5.37. The first-order valence-corrected chi connectivity index (χ1v) is 6.57. The van der Waals surface area contributed by atoms with Gasteiger partial charge in [0.05, 0.1) is 12.6 Å². The van der Waals surface area contributed by atoms with Crippen molar-refractivity contribution in [2.75, 3.05) is 7.11 Å². The number of benzene rings is 2. The molecule has 0 saturated heterocycles. The van der Waals surface area contributed by atoms with Crippen LogP contribution in [0.2, 0.25) is 0 Å². The Kier molecular flexibility index (Phi) is 3.82. The van der Waals surface area contributed by atoms with Crippen molar-refractivity contribution in [2.45, 2.75) is 26.3 Å². The van der Waals surface area contributed by atoms with Crippen molar-refractivity contribution < 1.29 is 9.13 Å². The molecule has 0 aromatic heterocycles. The Hall–Kier alpha value is -1.87. The predicted octanol–water partition coefficient (Wildman–Crippen LogP) is 3.67. The Labute approximate surface area is 119 Å². The molecule has 1 unspecified atom stereocenters. The van der Waals surface area contributed by atoms with Crippen LogP contribution in [0.3, 0.4) is 0 Å². The van der Waals surface area contributed by atoms with Crippen molar-refractivity contribution in [2.24, 2.45) is 5.73 Å². The number of nitrogens with two attached hydrogens (primary N) is 1. The van der Waals surface area contributed by atoms with Gasteiger partial charge < -0.3 is 10.5 Å². The van der Waals surface area contributed by atoms with Gasteiger partial charge in [0, 0.05) is 0 Å². The van der Waals surface area contributed by atoms with Gasteiger partial charge in [0.25, 0.3) is 0 Å². The number of rotatable bonds is 3. The Balaban J connectivity index is 2.54. The van der Waals surface area contributed by atoms with Crippen LogP contribution in [0.25, 0.3) is 0 Å². The maximum absolute atomic E-state index is 13.9. The van der Waals surface area contributed by atoms with E-state index in [9.17, 15) is 4.39 Å². The molecule has 0 aliphatic carbocycles. The van der Waals surface area contributed by atoms with Gasteiger partial charge in [0.1, 0.15) is 0 Å². The van der Waals surface area contributed by atoms with Gasteiger partial charge in [-0.1, -0.05) is 29.8 Å². The average Bonchev–Trinajstić information content (AvgIpc) is 2.41. The Bertz CT molecular complexity index is 635. The smallest absolute Gasteiger partial charge is 0.165 e. The first kappa shape index (κ1) is 14.5. The minimum atomic E-state index is -0.747. The third-order valence-corrected chi connectivity index (χ3v) is 3.70. The molecule has 0 bridgehead atoms. The van der Waals surface area contributed by atoms with E-state index in [2.05, 4.69) is 6.07 Å². The van der Waals surface area contributed by atoms with Gasteiger partial charge in [-0.25, -0.2) is 4.39 Å². The molecule has 1 atom stereocenters. The standard InChI is InChI=1S/C17H20FNO/c1-11-5-6-12(2)14(9-11)17(3,19)13-7-8-16(20-4)15(18)10-13/h5-10H,19H2,1-4H3. The lowest BCUT2D eigenvalue weighted by Gasteiger charge is -2.28. The number of hydrogen-bond donors (Lipinski definition) is 1. The van der Waals surface area contributed by atoms with Crippen LogP contribution in [-0.2, 0) is 5.54 Å². The summed E-state index contributed by atoms with van der Waals surface area (Å²) in [5, 5.41) is 0. The first-order chi connectivity index (χ1) is 9.36. The molecule has 0 fully saturated rings. The van der Waals surface area contributed by atoms with Gasteiger partial charge in [-0.05, 0) is 49.6 Å². The number of aryl methyl sites for hydroxylation is 2. The number of ether oxygens (including phenoxy) is 1. The molecule has 0 heterocycles. The quantitative estimate of drug-likeness (QED) is 0.926. The van der Waals surface area contributed by atoms with E-state index in [1.165, 1.54) is 13.2 Å². The summed E-state index contributed by atoms with van der Waals surface area (Å²) < 4.78 is 18.8. The topological polar surface area (TPSA) is 35.2 Å². The molecule has 106 valence electrons. The van der Waals surface area contributed by atoms with E-state index in [0.29, 0.717) is 0 Å². The first-order valence-electron chi connectivity index (χ1n) is 6.57. The third kappa shape index (κ3) is 2.54. The van der Waals surface area contributed by atoms with E-state index >= 15 is 0 Å². The molecule has 2 rings (SSSR count). The molecule has 0 spiro atoms. The molecule has 2 N–H and O–H groups in total. The number of methoxy groups -OCH3 is 1. The summed E-state index contributed by atoms with van der Waals surface area (Å²) in [6.07, 6.45) is 0. The minimum absolute atomic E-state index is 0.227. The van der Waals surface area contributed by atoms with Crippen molar-refractivity contribution in [1.82, 2.24) is 0 Å². The van der Waals surface area contributed by atoms with E-state index in [4.69, 9.17) is 10.5 Å². The van der Waals surface area contributed by atoms with Crippen LogP contribution in [-0.4, -0.2) is 7.11 Å². The van der Waals surface area contributed by atoms with Gasteiger partial charge in [-0.15, -0.1) is 0 Å². The summed E-state index contributed by atoms with van der Waals surface area (Å²) in [5.41, 5.74) is 9.69. The summed E-state index contributed by atoms with van der Waals surface area (Å²) in [6, 6.07) is 11.0. The van der Waals surface area contributed by atoms with Crippen molar-refractivity contribution in [3.8, 4) is 5.75 Å². The Morgan fingerprint density at radius 3 is 2.40 bits per heavy atom. The maximum Gasteiger partial charge on any atom is 0.165 e. The highest BCUT2D eigenvalue weighted by Gasteiger charge is 2.26. The zero-order chi connectivity index (χ0) is 14.9. The van der Waals surface area contributed by atoms with E-state index in [-0.39, 0.29) is 5.75 Å². The molecule has 0 aliphatic heterocycles. The second-order valence-electron chi connectivity index (χ2n) is 5.37.